The van der Waals surface area contributed by atoms with Gasteiger partial charge in [0.15, 0.2) is 0 Å². The second-order valence-electron chi connectivity index (χ2n) is 7.48. The molecule has 1 aliphatic rings. The summed E-state index contributed by atoms with van der Waals surface area (Å²) in [7, 11) is 0. The number of aryl methyl sites for hydroxylation is 2. The average molecular weight is 348 g/mol. The molecular weight excluding hydrogens is 320 g/mol. The summed E-state index contributed by atoms with van der Waals surface area (Å²) in [6, 6.07) is 15.9. The second-order valence-corrected chi connectivity index (χ2v) is 7.48. The van der Waals surface area contributed by atoms with Gasteiger partial charge in [-0.2, -0.15) is 0 Å². The van der Waals surface area contributed by atoms with Crippen molar-refractivity contribution in [3.05, 3.63) is 70.9 Å². The van der Waals surface area contributed by atoms with E-state index >= 15 is 0 Å². The van der Waals surface area contributed by atoms with Crippen molar-refractivity contribution in [1.29, 1.82) is 0 Å². The second kappa shape index (κ2) is 7.65. The van der Waals surface area contributed by atoms with E-state index in [4.69, 9.17) is 0 Å². The van der Waals surface area contributed by atoms with Crippen LogP contribution < -0.4 is 0 Å². The highest BCUT2D eigenvalue weighted by Gasteiger charge is 2.27. The SMILES string of the molecule is Cc1ccc2c(c1)CCC2N(CCCO)CCc1c[nH]c2ccccc12. The molecule has 0 spiro atoms. The van der Waals surface area contributed by atoms with Crippen LogP contribution in [0.25, 0.3) is 10.9 Å². The summed E-state index contributed by atoms with van der Waals surface area (Å²) >= 11 is 0. The normalized spacial score (nSPS) is 16.5. The number of para-hydroxylation sites is 1. The summed E-state index contributed by atoms with van der Waals surface area (Å²) in [6.07, 6.45) is 6.39. The maximum absolute atomic E-state index is 9.35. The molecule has 0 saturated heterocycles. The molecule has 4 rings (SSSR count). The van der Waals surface area contributed by atoms with E-state index in [-0.39, 0.29) is 6.61 Å². The van der Waals surface area contributed by atoms with Crippen LogP contribution in [0.15, 0.2) is 48.7 Å². The molecule has 3 aromatic rings. The molecule has 1 aliphatic carbocycles. The fourth-order valence-electron chi connectivity index (χ4n) is 4.40. The Bertz CT molecular complexity index is 883. The summed E-state index contributed by atoms with van der Waals surface area (Å²) in [6.45, 7) is 4.42. The first kappa shape index (κ1) is 17.3. The van der Waals surface area contributed by atoms with Gasteiger partial charge in [0.05, 0.1) is 0 Å². The molecule has 1 atom stereocenters. The van der Waals surface area contributed by atoms with Gasteiger partial charge < -0.3 is 10.1 Å². The lowest BCUT2D eigenvalue weighted by atomic mass is 10.0. The molecule has 1 heterocycles. The lowest BCUT2D eigenvalue weighted by molar-refractivity contribution is 0.175. The van der Waals surface area contributed by atoms with Crippen LogP contribution >= 0.6 is 0 Å². The van der Waals surface area contributed by atoms with E-state index in [0.29, 0.717) is 6.04 Å². The van der Waals surface area contributed by atoms with E-state index in [0.717, 1.165) is 25.9 Å². The maximum atomic E-state index is 9.35. The molecule has 0 aliphatic heterocycles. The van der Waals surface area contributed by atoms with Crippen molar-refractivity contribution in [1.82, 2.24) is 9.88 Å². The van der Waals surface area contributed by atoms with E-state index in [9.17, 15) is 5.11 Å². The Kier molecular flexibility index (Phi) is 5.09. The van der Waals surface area contributed by atoms with Crippen LogP contribution in [0.4, 0.5) is 0 Å². The molecule has 0 radical (unpaired) electrons. The smallest absolute Gasteiger partial charge is 0.0456 e. The molecule has 3 heteroatoms. The summed E-state index contributed by atoms with van der Waals surface area (Å²) in [5.74, 6) is 0. The van der Waals surface area contributed by atoms with E-state index in [1.807, 2.05) is 0 Å². The van der Waals surface area contributed by atoms with Crippen molar-refractivity contribution in [2.24, 2.45) is 0 Å². The van der Waals surface area contributed by atoms with E-state index < -0.39 is 0 Å². The molecule has 2 aromatic carbocycles. The first-order valence-corrected chi connectivity index (χ1v) is 9.75. The molecule has 0 bridgehead atoms. The largest absolute Gasteiger partial charge is 0.396 e. The van der Waals surface area contributed by atoms with Crippen molar-refractivity contribution in [3.8, 4) is 0 Å². The number of hydrogen-bond acceptors (Lipinski definition) is 2. The Morgan fingerprint density at radius 3 is 2.92 bits per heavy atom. The van der Waals surface area contributed by atoms with Crippen LogP contribution in [0.3, 0.4) is 0 Å². The van der Waals surface area contributed by atoms with E-state index in [1.54, 1.807) is 0 Å². The van der Waals surface area contributed by atoms with E-state index in [1.165, 1.54) is 46.0 Å². The number of H-pyrrole nitrogens is 1. The number of aliphatic hydroxyl groups excluding tert-OH is 1. The summed E-state index contributed by atoms with van der Waals surface area (Å²) in [5.41, 5.74) is 6.96. The van der Waals surface area contributed by atoms with Crippen molar-refractivity contribution < 1.29 is 5.11 Å². The molecule has 2 N–H and O–H groups in total. The molecule has 136 valence electrons. The minimum Gasteiger partial charge on any atom is -0.396 e. The van der Waals surface area contributed by atoms with Crippen LogP contribution in [0.2, 0.25) is 0 Å². The van der Waals surface area contributed by atoms with Gasteiger partial charge in [0, 0.05) is 42.8 Å². The van der Waals surface area contributed by atoms with Crippen LogP contribution in [0.1, 0.15) is 41.1 Å². The minimum absolute atomic E-state index is 0.261. The first-order chi connectivity index (χ1) is 12.8. The average Bonchev–Trinajstić information content (AvgIpc) is 3.26. The molecular formula is C23H28N2O. The van der Waals surface area contributed by atoms with Crippen molar-refractivity contribution in [2.45, 2.75) is 38.6 Å². The van der Waals surface area contributed by atoms with Gasteiger partial charge in [0.2, 0.25) is 0 Å². The predicted octanol–water partition coefficient (Wildman–Crippen LogP) is 4.39. The summed E-state index contributed by atoms with van der Waals surface area (Å²) in [4.78, 5) is 5.97. The van der Waals surface area contributed by atoms with Crippen molar-refractivity contribution in [2.75, 3.05) is 19.7 Å². The highest BCUT2D eigenvalue weighted by Crippen LogP contribution is 2.36. The number of rotatable bonds is 7. The highest BCUT2D eigenvalue weighted by atomic mass is 16.3. The Hall–Kier alpha value is -2.10. The van der Waals surface area contributed by atoms with Crippen molar-refractivity contribution in [3.63, 3.8) is 0 Å². The van der Waals surface area contributed by atoms with Gasteiger partial charge in [-0.25, -0.2) is 0 Å². The predicted molar refractivity (Wildman–Crippen MR) is 108 cm³/mol. The third-order valence-corrected chi connectivity index (χ3v) is 5.73. The van der Waals surface area contributed by atoms with Crippen molar-refractivity contribution >= 4 is 10.9 Å². The maximum Gasteiger partial charge on any atom is 0.0456 e. The zero-order chi connectivity index (χ0) is 17.9. The third-order valence-electron chi connectivity index (χ3n) is 5.73. The fourth-order valence-corrected chi connectivity index (χ4v) is 4.40. The number of aromatic amines is 1. The fraction of sp³-hybridized carbons (Fsp3) is 0.391. The molecule has 1 aromatic heterocycles. The zero-order valence-electron chi connectivity index (χ0n) is 15.5. The Balaban J connectivity index is 1.53. The molecule has 0 amide bonds. The van der Waals surface area contributed by atoms with Gasteiger partial charge >= 0.3 is 0 Å². The lowest BCUT2D eigenvalue weighted by Gasteiger charge is -2.29. The highest BCUT2D eigenvalue weighted by molar-refractivity contribution is 5.83. The van der Waals surface area contributed by atoms with Crippen LogP contribution in [-0.2, 0) is 12.8 Å². The number of fused-ring (bicyclic) bond motifs is 2. The molecule has 3 nitrogen and oxygen atoms in total. The Morgan fingerprint density at radius 1 is 1.15 bits per heavy atom. The van der Waals surface area contributed by atoms with Crippen LogP contribution in [0, 0.1) is 6.92 Å². The number of benzene rings is 2. The number of nitrogens with zero attached hydrogens (tertiary/aromatic N) is 1. The standard InChI is InChI=1S/C23H28N2O/c1-17-7-9-21-18(15-17)8-10-23(21)25(12-4-14-26)13-11-19-16-24-22-6-3-2-5-20(19)22/h2-3,5-7,9,15-16,23-24,26H,4,8,10-14H2,1H3. The molecule has 1 unspecified atom stereocenters. The lowest BCUT2D eigenvalue weighted by Crippen LogP contribution is -2.31. The summed E-state index contributed by atoms with van der Waals surface area (Å²) < 4.78 is 0. The van der Waals surface area contributed by atoms with Gasteiger partial charge in [-0.3, -0.25) is 4.90 Å². The quantitative estimate of drug-likeness (QED) is 0.665. The number of hydrogen-bond donors (Lipinski definition) is 2. The van der Waals surface area contributed by atoms with Gasteiger partial charge in [-0.05, 0) is 55.4 Å². The third kappa shape index (κ3) is 3.42. The zero-order valence-corrected chi connectivity index (χ0v) is 15.5. The van der Waals surface area contributed by atoms with Gasteiger partial charge in [-0.1, -0.05) is 42.0 Å². The molecule has 0 fully saturated rings. The van der Waals surface area contributed by atoms with Gasteiger partial charge in [0.1, 0.15) is 0 Å². The molecule has 26 heavy (non-hydrogen) atoms. The topological polar surface area (TPSA) is 39.3 Å². The van der Waals surface area contributed by atoms with Gasteiger partial charge in [0.25, 0.3) is 0 Å². The number of aromatic nitrogens is 1. The Morgan fingerprint density at radius 2 is 2.04 bits per heavy atom. The Labute approximate surface area is 155 Å². The molecule has 0 saturated carbocycles. The van der Waals surface area contributed by atoms with E-state index in [2.05, 4.69) is 65.5 Å². The monoisotopic (exact) mass is 348 g/mol. The van der Waals surface area contributed by atoms with Crippen LogP contribution in [0.5, 0.6) is 0 Å². The van der Waals surface area contributed by atoms with Gasteiger partial charge in [-0.15, -0.1) is 0 Å². The number of nitrogens with one attached hydrogen (secondary N) is 1. The van der Waals surface area contributed by atoms with Crippen LogP contribution in [-0.4, -0.2) is 34.7 Å². The minimum atomic E-state index is 0.261. The first-order valence-electron chi connectivity index (χ1n) is 9.75. The number of aliphatic hydroxyl groups is 1. The summed E-state index contributed by atoms with van der Waals surface area (Å²) in [5, 5.41) is 10.7.